The largest absolute Gasteiger partial charge is 0.478 e. The number of likely N-dealkylation sites (tertiary alicyclic amines) is 1. The second kappa shape index (κ2) is 17.5. The molecule has 0 aromatic heterocycles. The van der Waals surface area contributed by atoms with Gasteiger partial charge in [0, 0.05) is 30.7 Å². The Morgan fingerprint density at radius 1 is 0.887 bits per heavy atom. The lowest BCUT2D eigenvalue weighted by Gasteiger charge is -2.45. The molecule has 10 nitrogen and oxygen atoms in total. The average Bonchev–Trinajstić information content (AvgIpc) is 3.07. The van der Waals surface area contributed by atoms with Crippen molar-refractivity contribution in [1.82, 2.24) is 9.80 Å². The van der Waals surface area contributed by atoms with Crippen molar-refractivity contribution in [2.24, 2.45) is 17.1 Å². The van der Waals surface area contributed by atoms with E-state index < -0.39 is 64.3 Å². The molecule has 2 aromatic carbocycles. The van der Waals surface area contributed by atoms with Gasteiger partial charge in [-0.3, -0.25) is 9.59 Å². The molecule has 2 amide bonds. The van der Waals surface area contributed by atoms with Gasteiger partial charge >= 0.3 is 24.3 Å². The monoisotopic (exact) mass is 797 g/mol. The van der Waals surface area contributed by atoms with Crippen LogP contribution in [-0.4, -0.2) is 83.1 Å². The highest BCUT2D eigenvalue weighted by Crippen LogP contribution is 2.40. The fourth-order valence-electron chi connectivity index (χ4n) is 6.22. The van der Waals surface area contributed by atoms with Crippen molar-refractivity contribution in [2.75, 3.05) is 39.3 Å². The molecule has 0 aliphatic carbocycles. The Labute approximate surface area is 311 Å². The van der Waals surface area contributed by atoms with E-state index in [0.29, 0.717) is 60.9 Å². The molecule has 2 aliphatic rings. The van der Waals surface area contributed by atoms with E-state index in [1.165, 1.54) is 4.90 Å². The number of nitrogens with zero attached hydrogens (tertiary/aromatic N) is 2. The summed E-state index contributed by atoms with van der Waals surface area (Å²) in [5, 5.41) is 16.2. The number of alkyl halides is 6. The molecule has 18 heteroatoms. The molecule has 0 saturated carbocycles. The molecular formula is C35H39Cl2F6N3O7. The summed E-state index contributed by atoms with van der Waals surface area (Å²) in [7, 11) is 0. The summed E-state index contributed by atoms with van der Waals surface area (Å²) in [4.78, 5) is 48.1. The Morgan fingerprint density at radius 3 is 1.91 bits per heavy atom. The number of hydrogen-bond acceptors (Lipinski definition) is 6. The Hall–Kier alpha value is -3.86. The molecule has 0 spiro atoms. The van der Waals surface area contributed by atoms with Crippen LogP contribution in [0.5, 0.6) is 0 Å². The first-order chi connectivity index (χ1) is 24.4. The highest BCUT2D eigenvalue weighted by atomic mass is 35.5. The number of nitrogens with two attached hydrogens (primary N) is 1. The van der Waals surface area contributed by atoms with Crippen LogP contribution in [0.4, 0.5) is 26.3 Å². The minimum absolute atomic E-state index is 0.0000552. The van der Waals surface area contributed by atoms with Crippen molar-refractivity contribution in [2.45, 2.75) is 57.5 Å². The van der Waals surface area contributed by atoms with Crippen molar-refractivity contribution >= 4 is 47.0 Å². The third kappa shape index (κ3) is 12.1. The quantitative estimate of drug-likeness (QED) is 0.179. The van der Waals surface area contributed by atoms with Gasteiger partial charge < -0.3 is 30.5 Å². The van der Waals surface area contributed by atoms with Crippen molar-refractivity contribution in [3.63, 3.8) is 0 Å². The molecule has 1 atom stereocenters. The lowest BCUT2D eigenvalue weighted by atomic mass is 9.73. The number of benzene rings is 2. The molecule has 0 bridgehead atoms. The number of piperidine rings is 1. The van der Waals surface area contributed by atoms with Gasteiger partial charge in [0.05, 0.1) is 40.7 Å². The maximum absolute atomic E-state index is 13.4. The van der Waals surface area contributed by atoms with E-state index >= 15 is 0 Å². The van der Waals surface area contributed by atoms with Crippen LogP contribution in [0.2, 0.25) is 10.0 Å². The number of hydrogen-bond donors (Lipinski definition) is 3. The van der Waals surface area contributed by atoms with E-state index in [1.807, 2.05) is 13.8 Å². The number of halogens is 8. The van der Waals surface area contributed by atoms with Crippen molar-refractivity contribution in [3.8, 4) is 0 Å². The minimum Gasteiger partial charge on any atom is -0.478 e. The summed E-state index contributed by atoms with van der Waals surface area (Å²) in [6.45, 7) is 5.84. The van der Waals surface area contributed by atoms with Gasteiger partial charge in [-0.15, -0.1) is 0 Å². The molecule has 0 radical (unpaired) electrons. The van der Waals surface area contributed by atoms with Gasteiger partial charge in [-0.2, -0.15) is 26.3 Å². The maximum atomic E-state index is 13.4. The van der Waals surface area contributed by atoms with Crippen LogP contribution >= 0.6 is 23.2 Å². The summed E-state index contributed by atoms with van der Waals surface area (Å²) in [6.07, 6.45) is -7.66. The number of carbonyl (C=O) groups is 4. The van der Waals surface area contributed by atoms with Crippen LogP contribution in [-0.2, 0) is 48.3 Å². The Morgan fingerprint density at radius 2 is 1.43 bits per heavy atom. The molecule has 2 aliphatic heterocycles. The van der Waals surface area contributed by atoms with E-state index in [1.54, 1.807) is 18.2 Å². The van der Waals surface area contributed by atoms with Crippen molar-refractivity contribution in [3.05, 3.63) is 80.8 Å². The number of aliphatic carboxylic acids is 2. The fourth-order valence-corrected chi connectivity index (χ4v) is 6.51. The zero-order valence-electron chi connectivity index (χ0n) is 28.7. The van der Waals surface area contributed by atoms with Gasteiger partial charge in [-0.1, -0.05) is 43.1 Å². The predicted molar refractivity (Wildman–Crippen MR) is 182 cm³/mol. The van der Waals surface area contributed by atoms with Gasteiger partial charge in [-0.05, 0) is 79.7 Å². The fraction of sp³-hybridized carbons (Fsp3) is 0.486. The maximum Gasteiger partial charge on any atom is 0.416 e. The number of primary amides is 1. The molecule has 2 fully saturated rings. The lowest BCUT2D eigenvalue weighted by Crippen LogP contribution is -2.53. The summed E-state index contributed by atoms with van der Waals surface area (Å²) >= 11 is 12.5. The summed E-state index contributed by atoms with van der Waals surface area (Å²) in [5.74, 6) is -3.37. The Bertz CT molecular complexity index is 1650. The lowest BCUT2D eigenvalue weighted by molar-refractivity contribution is -0.155. The van der Waals surface area contributed by atoms with E-state index in [0.717, 1.165) is 12.8 Å². The molecule has 2 heterocycles. The molecular weight excluding hydrogens is 759 g/mol. The Balaban J connectivity index is 0.000000846. The SMILES string of the molecule is CC(C)(C(N)=O)C1CCN(CC[C@@]2(c3ccc(Cl)c(Cl)c3)CN(C(=O)Cc3cc(C(F)(F)F)cc(C(F)(F)F)c3)CCO2)CC1.O=C(O)/C=C/C(=O)O. The van der Waals surface area contributed by atoms with Gasteiger partial charge in [-0.25, -0.2) is 9.59 Å². The first-order valence-corrected chi connectivity index (χ1v) is 17.0. The van der Waals surface area contributed by atoms with E-state index in [-0.39, 0.29) is 42.6 Å². The molecule has 2 saturated heterocycles. The van der Waals surface area contributed by atoms with E-state index in [4.69, 9.17) is 43.9 Å². The Kier molecular flexibility index (Phi) is 14.4. The smallest absolute Gasteiger partial charge is 0.416 e. The van der Waals surface area contributed by atoms with Crippen LogP contribution in [0.1, 0.15) is 55.4 Å². The van der Waals surface area contributed by atoms with Crippen LogP contribution in [0.3, 0.4) is 0 Å². The normalized spacial score (nSPS) is 19.1. The third-order valence-electron chi connectivity index (χ3n) is 9.43. The number of carboxylic acids is 2. The molecule has 53 heavy (non-hydrogen) atoms. The average molecular weight is 799 g/mol. The highest BCUT2D eigenvalue weighted by molar-refractivity contribution is 6.42. The summed E-state index contributed by atoms with van der Waals surface area (Å²) in [6, 6.07) is 6.15. The van der Waals surface area contributed by atoms with E-state index in [9.17, 15) is 45.5 Å². The van der Waals surface area contributed by atoms with Crippen LogP contribution in [0.15, 0.2) is 48.6 Å². The predicted octanol–water partition coefficient (Wildman–Crippen LogP) is 6.65. The molecule has 4 N–H and O–H groups in total. The van der Waals surface area contributed by atoms with Gasteiger partial charge in [0.1, 0.15) is 5.60 Å². The summed E-state index contributed by atoms with van der Waals surface area (Å²) in [5.41, 5.74) is 1.19. The first kappa shape index (κ1) is 43.5. The van der Waals surface area contributed by atoms with Crippen LogP contribution < -0.4 is 5.73 Å². The van der Waals surface area contributed by atoms with Crippen molar-refractivity contribution in [1.29, 1.82) is 0 Å². The summed E-state index contributed by atoms with van der Waals surface area (Å²) < 4.78 is 86.8. The van der Waals surface area contributed by atoms with Gasteiger partial charge in [0.15, 0.2) is 0 Å². The number of carboxylic acid groups (broad SMARTS) is 2. The van der Waals surface area contributed by atoms with Crippen LogP contribution in [0.25, 0.3) is 0 Å². The number of ether oxygens (including phenoxy) is 1. The zero-order chi connectivity index (χ0) is 39.9. The minimum atomic E-state index is -5.02. The number of morpholine rings is 1. The van der Waals surface area contributed by atoms with Crippen LogP contribution in [0, 0.1) is 11.3 Å². The number of carbonyl (C=O) groups excluding carboxylic acids is 2. The third-order valence-corrected chi connectivity index (χ3v) is 10.2. The molecule has 292 valence electrons. The molecule has 4 rings (SSSR count). The second-order valence-electron chi connectivity index (χ2n) is 13.3. The highest BCUT2D eigenvalue weighted by Gasteiger charge is 2.42. The second-order valence-corrected chi connectivity index (χ2v) is 14.2. The first-order valence-electron chi connectivity index (χ1n) is 16.3. The molecule has 0 unspecified atom stereocenters. The topological polar surface area (TPSA) is 150 Å². The number of rotatable bonds is 10. The number of amides is 2. The van der Waals surface area contributed by atoms with Gasteiger partial charge in [0.25, 0.3) is 0 Å². The molecule has 2 aromatic rings. The van der Waals surface area contributed by atoms with Crippen molar-refractivity contribution < 1.29 is 60.5 Å². The zero-order valence-corrected chi connectivity index (χ0v) is 30.2. The van der Waals surface area contributed by atoms with E-state index in [2.05, 4.69) is 4.90 Å². The van der Waals surface area contributed by atoms with Gasteiger partial charge in [0.2, 0.25) is 11.8 Å². The standard InChI is InChI=1S/C31H35Cl2F6N3O3.C4H4O4/c1-28(2,27(40)44)20-5-8-41(9-6-20)10-7-29(21-3-4-24(32)25(33)17-21)18-42(11-12-45-29)26(43)15-19-13-22(30(34,35)36)16-23(14-19)31(37,38)39;5-3(6)1-2-4(7)8/h3-4,13-14,16-17,20H,5-12,15,18H2,1-2H3,(H2,40,44);1-2H,(H,5,6)(H,7,8)/b;2-1+/t29-;/m0./s1.